The second kappa shape index (κ2) is 5.47. The van der Waals surface area contributed by atoms with Gasteiger partial charge in [0.1, 0.15) is 11.5 Å². The third kappa shape index (κ3) is 3.96. The molecule has 0 saturated carbocycles. The lowest BCUT2D eigenvalue weighted by Gasteiger charge is -2.11. The summed E-state index contributed by atoms with van der Waals surface area (Å²) < 4.78 is 31.1. The van der Waals surface area contributed by atoms with E-state index < -0.39 is 10.0 Å². The van der Waals surface area contributed by atoms with E-state index in [1.165, 1.54) is 0 Å². The van der Waals surface area contributed by atoms with Gasteiger partial charge in [0.25, 0.3) is 0 Å². The number of furan rings is 1. The van der Waals surface area contributed by atoms with Crippen molar-refractivity contribution in [2.75, 3.05) is 19.3 Å². The van der Waals surface area contributed by atoms with Gasteiger partial charge in [0.2, 0.25) is 10.0 Å². The van der Waals surface area contributed by atoms with Crippen LogP contribution in [-0.4, -0.2) is 27.8 Å². The van der Waals surface area contributed by atoms with Crippen LogP contribution in [-0.2, 0) is 10.0 Å². The average Bonchev–Trinajstić information content (AvgIpc) is 2.61. The van der Waals surface area contributed by atoms with E-state index in [0.717, 1.165) is 5.76 Å². The summed E-state index contributed by atoms with van der Waals surface area (Å²) >= 11 is 0. The van der Waals surface area contributed by atoms with Gasteiger partial charge >= 0.3 is 0 Å². The monoisotopic (exact) mass is 246 g/mol. The zero-order chi connectivity index (χ0) is 12.2. The van der Waals surface area contributed by atoms with Gasteiger partial charge in [-0.1, -0.05) is 0 Å². The van der Waals surface area contributed by atoms with Crippen LogP contribution < -0.4 is 10.0 Å². The fourth-order valence-electron chi connectivity index (χ4n) is 1.31. The topological polar surface area (TPSA) is 71.3 Å². The van der Waals surface area contributed by atoms with Crippen LogP contribution in [0.4, 0.5) is 0 Å². The highest BCUT2D eigenvalue weighted by Gasteiger charge is 2.17. The second-order valence-corrected chi connectivity index (χ2v) is 5.58. The molecule has 0 aromatic carbocycles. The first-order valence-electron chi connectivity index (χ1n) is 5.15. The number of nitrogens with one attached hydrogen (secondary N) is 2. The molecule has 0 bridgehead atoms. The summed E-state index contributed by atoms with van der Waals surface area (Å²) in [5.74, 6) is 1.47. The second-order valence-electron chi connectivity index (χ2n) is 3.71. The molecule has 1 unspecified atom stereocenters. The molecule has 1 rings (SSSR count). The molecule has 0 spiro atoms. The Labute approximate surface area is 96.3 Å². The third-order valence-electron chi connectivity index (χ3n) is 2.17. The smallest absolute Gasteiger partial charge is 0.213 e. The van der Waals surface area contributed by atoms with Gasteiger partial charge in [-0.2, -0.15) is 0 Å². The molecule has 0 aliphatic carbocycles. The first-order valence-corrected chi connectivity index (χ1v) is 6.81. The van der Waals surface area contributed by atoms with Crippen LogP contribution in [0.3, 0.4) is 0 Å². The highest BCUT2D eigenvalue weighted by molar-refractivity contribution is 7.89. The van der Waals surface area contributed by atoms with Crippen molar-refractivity contribution >= 4 is 10.0 Å². The van der Waals surface area contributed by atoms with Crippen molar-refractivity contribution in [2.45, 2.75) is 19.9 Å². The average molecular weight is 246 g/mol. The van der Waals surface area contributed by atoms with Crippen LogP contribution in [0.1, 0.15) is 24.5 Å². The van der Waals surface area contributed by atoms with Crippen LogP contribution in [0.2, 0.25) is 0 Å². The summed E-state index contributed by atoms with van der Waals surface area (Å²) in [6.07, 6.45) is 0. The minimum Gasteiger partial charge on any atom is -0.465 e. The minimum atomic E-state index is -3.25. The Hall–Kier alpha value is -0.850. The molecule has 1 atom stereocenters. The number of rotatable bonds is 6. The number of aryl methyl sites for hydroxylation is 1. The number of hydrogen-bond acceptors (Lipinski definition) is 4. The van der Waals surface area contributed by atoms with Gasteiger partial charge in [-0.3, -0.25) is 0 Å². The van der Waals surface area contributed by atoms with Gasteiger partial charge in [0, 0.05) is 6.54 Å². The van der Waals surface area contributed by atoms with Gasteiger partial charge in [-0.25, -0.2) is 13.1 Å². The Bertz CT molecular complexity index is 425. The van der Waals surface area contributed by atoms with Crippen LogP contribution in [0.25, 0.3) is 0 Å². The minimum absolute atomic E-state index is 0.0630. The van der Waals surface area contributed by atoms with Gasteiger partial charge in [0.15, 0.2) is 0 Å². The molecule has 1 aromatic rings. The summed E-state index contributed by atoms with van der Waals surface area (Å²) in [5, 5.41) is 2.80. The van der Waals surface area contributed by atoms with Gasteiger partial charge < -0.3 is 9.73 Å². The lowest BCUT2D eigenvalue weighted by atomic mass is 10.3. The summed E-state index contributed by atoms with van der Waals surface area (Å²) in [6.45, 7) is 4.01. The third-order valence-corrected chi connectivity index (χ3v) is 3.62. The Kier molecular flexibility index (Phi) is 4.52. The SMILES string of the molecule is CNCCS(=O)(=O)NC(C)c1ccc(C)o1. The summed E-state index contributed by atoms with van der Waals surface area (Å²) in [4.78, 5) is 0. The van der Waals surface area contributed by atoms with Crippen molar-refractivity contribution in [1.82, 2.24) is 10.0 Å². The van der Waals surface area contributed by atoms with E-state index >= 15 is 0 Å². The van der Waals surface area contributed by atoms with Crippen molar-refractivity contribution in [2.24, 2.45) is 0 Å². The Morgan fingerprint density at radius 1 is 1.44 bits per heavy atom. The molecule has 0 amide bonds. The van der Waals surface area contributed by atoms with E-state index in [4.69, 9.17) is 4.42 Å². The van der Waals surface area contributed by atoms with E-state index in [2.05, 4.69) is 10.0 Å². The predicted octanol–water partition coefficient (Wildman–Crippen LogP) is 0.788. The van der Waals surface area contributed by atoms with E-state index in [0.29, 0.717) is 12.3 Å². The van der Waals surface area contributed by atoms with Crippen LogP contribution >= 0.6 is 0 Å². The molecule has 0 radical (unpaired) electrons. The molecule has 1 aromatic heterocycles. The fraction of sp³-hybridized carbons (Fsp3) is 0.600. The van der Waals surface area contributed by atoms with Crippen molar-refractivity contribution in [3.8, 4) is 0 Å². The van der Waals surface area contributed by atoms with Crippen molar-refractivity contribution in [3.63, 3.8) is 0 Å². The molecular formula is C10H18N2O3S. The maximum Gasteiger partial charge on any atom is 0.213 e. The van der Waals surface area contributed by atoms with Crippen LogP contribution in [0.5, 0.6) is 0 Å². The maximum absolute atomic E-state index is 11.6. The first-order chi connectivity index (χ1) is 7.44. The Morgan fingerprint density at radius 2 is 2.12 bits per heavy atom. The van der Waals surface area contributed by atoms with Crippen molar-refractivity contribution < 1.29 is 12.8 Å². The summed E-state index contributed by atoms with van der Waals surface area (Å²) in [7, 11) is -1.54. The molecule has 1 heterocycles. The fourth-order valence-corrected chi connectivity index (χ4v) is 2.55. The molecule has 2 N–H and O–H groups in total. The molecule has 5 nitrogen and oxygen atoms in total. The van der Waals surface area contributed by atoms with E-state index in [1.54, 1.807) is 20.0 Å². The largest absolute Gasteiger partial charge is 0.465 e. The van der Waals surface area contributed by atoms with E-state index in [-0.39, 0.29) is 11.8 Å². The normalized spacial score (nSPS) is 13.9. The van der Waals surface area contributed by atoms with Gasteiger partial charge in [0.05, 0.1) is 11.8 Å². The molecule has 0 saturated heterocycles. The zero-order valence-electron chi connectivity index (χ0n) is 9.78. The van der Waals surface area contributed by atoms with Crippen LogP contribution in [0, 0.1) is 6.92 Å². The number of hydrogen-bond donors (Lipinski definition) is 2. The predicted molar refractivity (Wildman–Crippen MR) is 62.7 cm³/mol. The summed E-state index contributed by atoms with van der Waals surface area (Å²) in [6, 6.07) is 3.25. The standard InChI is InChI=1S/C10H18N2O3S/c1-8-4-5-10(15-8)9(2)12-16(13,14)7-6-11-3/h4-5,9,11-12H,6-7H2,1-3H3. The number of sulfonamides is 1. The van der Waals surface area contributed by atoms with Crippen molar-refractivity contribution in [3.05, 3.63) is 23.7 Å². The first kappa shape index (κ1) is 13.2. The Morgan fingerprint density at radius 3 is 2.62 bits per heavy atom. The van der Waals surface area contributed by atoms with Gasteiger partial charge in [-0.15, -0.1) is 0 Å². The van der Waals surface area contributed by atoms with Crippen molar-refractivity contribution in [1.29, 1.82) is 0 Å². The molecule has 0 aliphatic heterocycles. The molecule has 0 fully saturated rings. The summed E-state index contributed by atoms with van der Waals surface area (Å²) in [5.41, 5.74) is 0. The van der Waals surface area contributed by atoms with Gasteiger partial charge in [-0.05, 0) is 33.0 Å². The highest BCUT2D eigenvalue weighted by Crippen LogP contribution is 2.16. The highest BCUT2D eigenvalue weighted by atomic mass is 32.2. The lowest BCUT2D eigenvalue weighted by Crippen LogP contribution is -2.32. The molecule has 92 valence electrons. The van der Waals surface area contributed by atoms with Crippen LogP contribution in [0.15, 0.2) is 16.5 Å². The van der Waals surface area contributed by atoms with E-state index in [1.807, 2.05) is 13.0 Å². The van der Waals surface area contributed by atoms with E-state index in [9.17, 15) is 8.42 Å². The zero-order valence-corrected chi connectivity index (χ0v) is 10.6. The Balaban J connectivity index is 2.60. The molecule has 6 heteroatoms. The molecule has 0 aliphatic rings. The maximum atomic E-state index is 11.6. The lowest BCUT2D eigenvalue weighted by molar-refractivity contribution is 0.441. The quantitative estimate of drug-likeness (QED) is 0.778. The molecule has 16 heavy (non-hydrogen) atoms. The molecular weight excluding hydrogens is 228 g/mol.